The van der Waals surface area contributed by atoms with Crippen LogP contribution in [0.2, 0.25) is 0 Å². The average Bonchev–Trinajstić information content (AvgIpc) is 2.55. The molecule has 1 aromatic carbocycles. The fourth-order valence-electron chi connectivity index (χ4n) is 2.15. The summed E-state index contributed by atoms with van der Waals surface area (Å²) < 4.78 is 40.5. The Morgan fingerprint density at radius 3 is 2.71 bits per heavy atom. The van der Waals surface area contributed by atoms with Crippen LogP contribution in [-0.4, -0.2) is 36.3 Å². The van der Waals surface area contributed by atoms with Crippen molar-refractivity contribution in [2.45, 2.75) is 29.9 Å². The van der Waals surface area contributed by atoms with Crippen LogP contribution in [0.1, 0.15) is 20.3 Å². The highest BCUT2D eigenvalue weighted by molar-refractivity contribution is 9.10. The Labute approximate surface area is 137 Å². The van der Waals surface area contributed by atoms with Gasteiger partial charge >= 0.3 is 0 Å². The zero-order valence-electron chi connectivity index (χ0n) is 11.9. The van der Waals surface area contributed by atoms with E-state index in [-0.39, 0.29) is 19.8 Å². The van der Waals surface area contributed by atoms with Gasteiger partial charge in [0.05, 0.1) is 10.2 Å². The molecule has 1 fully saturated rings. The molecule has 8 heteroatoms. The van der Waals surface area contributed by atoms with E-state index in [0.717, 1.165) is 18.2 Å². The van der Waals surface area contributed by atoms with Gasteiger partial charge in [0.25, 0.3) is 0 Å². The van der Waals surface area contributed by atoms with Crippen molar-refractivity contribution in [2.24, 2.45) is 0 Å². The molecule has 1 aromatic rings. The molecule has 21 heavy (non-hydrogen) atoms. The molecule has 0 unspecified atom stereocenters. The molecule has 118 valence electrons. The first kappa shape index (κ1) is 17.1. The van der Waals surface area contributed by atoms with Crippen LogP contribution in [-0.2, 0) is 10.0 Å². The van der Waals surface area contributed by atoms with Crippen molar-refractivity contribution in [3.8, 4) is 0 Å². The number of nitrogens with two attached hydrogens (primary N) is 1. The predicted molar refractivity (Wildman–Crippen MR) is 88.4 cm³/mol. The number of sulfonamides is 1. The lowest BCUT2D eigenvalue weighted by atomic mass is 10.1. The molecule has 0 saturated carbocycles. The van der Waals surface area contributed by atoms with Crippen molar-refractivity contribution in [1.29, 1.82) is 0 Å². The van der Waals surface area contributed by atoms with Crippen molar-refractivity contribution in [1.82, 2.24) is 4.31 Å². The molecule has 0 bridgehead atoms. The Morgan fingerprint density at radius 1 is 1.38 bits per heavy atom. The van der Waals surface area contributed by atoms with Gasteiger partial charge in [0, 0.05) is 23.6 Å². The molecule has 0 amide bonds. The van der Waals surface area contributed by atoms with Crippen LogP contribution in [0, 0.1) is 5.82 Å². The van der Waals surface area contributed by atoms with Crippen LogP contribution in [0.5, 0.6) is 0 Å². The number of halogens is 2. The number of benzene rings is 1. The van der Waals surface area contributed by atoms with Crippen LogP contribution >= 0.6 is 27.7 Å². The second-order valence-electron chi connectivity index (χ2n) is 5.57. The molecule has 1 heterocycles. The number of nitrogens with zero attached hydrogens (tertiary/aromatic N) is 1. The molecule has 0 spiro atoms. The number of anilines is 1. The first-order valence-electron chi connectivity index (χ1n) is 6.52. The van der Waals surface area contributed by atoms with Crippen LogP contribution < -0.4 is 5.73 Å². The van der Waals surface area contributed by atoms with E-state index >= 15 is 0 Å². The maximum atomic E-state index is 13.4. The maximum Gasteiger partial charge on any atom is 0.245 e. The van der Waals surface area contributed by atoms with Gasteiger partial charge in [-0.1, -0.05) is 13.8 Å². The summed E-state index contributed by atoms with van der Waals surface area (Å²) in [5, 5.41) is 0. The van der Waals surface area contributed by atoms with E-state index in [9.17, 15) is 12.8 Å². The summed E-state index contributed by atoms with van der Waals surface area (Å²) in [6, 6.07) is 2.27. The SMILES string of the molecule is CC1(C)CCN(S(=O)(=O)c2cc(Br)c(F)cc2N)CCS1. The highest BCUT2D eigenvalue weighted by Crippen LogP contribution is 2.34. The number of thioether (sulfide) groups is 1. The third kappa shape index (κ3) is 3.72. The normalized spacial score (nSPS) is 20.2. The minimum Gasteiger partial charge on any atom is -0.398 e. The maximum absolute atomic E-state index is 13.4. The molecule has 0 aliphatic carbocycles. The fraction of sp³-hybridized carbons (Fsp3) is 0.538. The topological polar surface area (TPSA) is 63.4 Å². The second-order valence-corrected chi connectivity index (χ2v) is 10.1. The third-order valence-corrected chi connectivity index (χ3v) is 7.40. The van der Waals surface area contributed by atoms with Gasteiger partial charge in [0.2, 0.25) is 10.0 Å². The number of rotatable bonds is 2. The van der Waals surface area contributed by atoms with Crippen LogP contribution in [0.3, 0.4) is 0 Å². The van der Waals surface area contributed by atoms with Gasteiger partial charge in [0.1, 0.15) is 10.7 Å². The van der Waals surface area contributed by atoms with Crippen LogP contribution in [0.4, 0.5) is 10.1 Å². The Kier molecular flexibility index (Phi) is 4.92. The summed E-state index contributed by atoms with van der Waals surface area (Å²) >= 11 is 4.77. The summed E-state index contributed by atoms with van der Waals surface area (Å²) in [5.74, 6) is 0.160. The van der Waals surface area contributed by atoms with E-state index in [0.29, 0.717) is 13.1 Å². The molecule has 0 atom stereocenters. The largest absolute Gasteiger partial charge is 0.398 e. The standard InChI is InChI=1S/C13H18BrFN2O2S2/c1-13(2)3-4-17(5-6-20-13)21(18,19)12-7-9(14)10(15)8-11(12)16/h7-8H,3-6,16H2,1-2H3. The first-order chi connectivity index (χ1) is 9.63. The van der Waals surface area contributed by atoms with Gasteiger partial charge in [-0.25, -0.2) is 12.8 Å². The summed E-state index contributed by atoms with van der Waals surface area (Å²) in [4.78, 5) is -0.0412. The third-order valence-electron chi connectivity index (χ3n) is 3.47. The molecule has 1 saturated heterocycles. The van der Waals surface area contributed by atoms with Crippen molar-refractivity contribution >= 4 is 43.4 Å². The Balaban J connectivity index is 2.36. The van der Waals surface area contributed by atoms with Gasteiger partial charge in [-0.2, -0.15) is 16.1 Å². The second kappa shape index (κ2) is 6.06. The number of nitrogen functional groups attached to an aromatic ring is 1. The van der Waals surface area contributed by atoms with Crippen LogP contribution in [0.15, 0.2) is 21.5 Å². The summed E-state index contributed by atoms with van der Waals surface area (Å²) in [7, 11) is -3.71. The molecule has 4 nitrogen and oxygen atoms in total. The first-order valence-corrected chi connectivity index (χ1v) is 9.74. The van der Waals surface area contributed by atoms with E-state index in [1.807, 2.05) is 0 Å². The molecule has 2 rings (SSSR count). The van der Waals surface area contributed by atoms with Gasteiger partial charge in [-0.15, -0.1) is 0 Å². The highest BCUT2D eigenvalue weighted by atomic mass is 79.9. The lowest BCUT2D eigenvalue weighted by Gasteiger charge is -2.23. The summed E-state index contributed by atoms with van der Waals surface area (Å²) in [6.45, 7) is 5.09. The van der Waals surface area contributed by atoms with Crippen molar-refractivity contribution in [3.05, 3.63) is 22.4 Å². The van der Waals surface area contributed by atoms with Crippen molar-refractivity contribution in [3.63, 3.8) is 0 Å². The van der Waals surface area contributed by atoms with E-state index < -0.39 is 15.8 Å². The number of hydrogen-bond acceptors (Lipinski definition) is 4. The van der Waals surface area contributed by atoms with E-state index in [2.05, 4.69) is 29.8 Å². The molecular formula is C13H18BrFN2O2S2. The molecule has 0 radical (unpaired) electrons. The minimum atomic E-state index is -3.71. The smallest absolute Gasteiger partial charge is 0.245 e. The van der Waals surface area contributed by atoms with E-state index in [1.54, 1.807) is 11.8 Å². The van der Waals surface area contributed by atoms with E-state index in [1.165, 1.54) is 10.4 Å². The Morgan fingerprint density at radius 2 is 2.05 bits per heavy atom. The van der Waals surface area contributed by atoms with Gasteiger partial charge in [0.15, 0.2) is 0 Å². The quantitative estimate of drug-likeness (QED) is 0.780. The molecule has 0 aromatic heterocycles. The lowest BCUT2D eigenvalue weighted by Crippen LogP contribution is -2.34. The zero-order chi connectivity index (χ0) is 15.8. The van der Waals surface area contributed by atoms with E-state index in [4.69, 9.17) is 5.73 Å². The fourth-order valence-corrected chi connectivity index (χ4v) is 5.42. The van der Waals surface area contributed by atoms with Crippen molar-refractivity contribution in [2.75, 3.05) is 24.6 Å². The zero-order valence-corrected chi connectivity index (χ0v) is 15.1. The monoisotopic (exact) mass is 396 g/mol. The summed E-state index contributed by atoms with van der Waals surface area (Å²) in [5.41, 5.74) is 5.64. The molecule has 1 aliphatic rings. The lowest BCUT2D eigenvalue weighted by molar-refractivity contribution is 0.415. The van der Waals surface area contributed by atoms with Gasteiger partial charge in [-0.05, 0) is 34.5 Å². The minimum absolute atomic E-state index is 0.0412. The molecular weight excluding hydrogens is 379 g/mol. The van der Waals surface area contributed by atoms with Gasteiger partial charge in [-0.3, -0.25) is 0 Å². The predicted octanol–water partition coefficient (Wildman–Crippen LogP) is 3.08. The average molecular weight is 397 g/mol. The summed E-state index contributed by atoms with van der Waals surface area (Å²) in [6.07, 6.45) is 0.763. The Hall–Kier alpha value is -0.310. The molecule has 2 N–H and O–H groups in total. The number of hydrogen-bond donors (Lipinski definition) is 1. The van der Waals surface area contributed by atoms with Crippen molar-refractivity contribution < 1.29 is 12.8 Å². The van der Waals surface area contributed by atoms with Crippen LogP contribution in [0.25, 0.3) is 0 Å². The Bertz CT molecular complexity index is 650. The molecule has 1 aliphatic heterocycles. The highest BCUT2D eigenvalue weighted by Gasteiger charge is 2.32. The van der Waals surface area contributed by atoms with Gasteiger partial charge < -0.3 is 5.73 Å².